The van der Waals surface area contributed by atoms with E-state index in [1.54, 1.807) is 13.4 Å². The molecule has 4 aliphatic heterocycles. The van der Waals surface area contributed by atoms with E-state index in [4.69, 9.17) is 53.2 Å². The van der Waals surface area contributed by atoms with Gasteiger partial charge in [-0.25, -0.2) is 4.57 Å². The lowest BCUT2D eigenvalue weighted by atomic mass is 9.92. The van der Waals surface area contributed by atoms with Crippen LogP contribution in [0.1, 0.15) is 7.43 Å². The van der Waals surface area contributed by atoms with Gasteiger partial charge in [-0.15, -0.1) is 0 Å². The standard InChI is InChI=1S/C9H16BO5PS.C8H14BO7P.CH4/c1-12-4-9-5-13-6(8(10)14-9)7(9)15-16(2,11)17-3;1-12-3-8-4-14-5(7(9)15-8)6(8)16-17(10,11)13-2;/h6-8,11H,2,4-5H2,1,3H3;5-7H,3-4H2,1-2H3,(H,10,11);1H4/t6?,7?,8-,9+,16?;5?,6?,7-,8+;/m11./s1. The molecular weight excluding hydrogens is 524 g/mol. The predicted molar refractivity (Wildman–Crippen MR) is 133 cm³/mol. The molecule has 0 aromatic rings. The lowest BCUT2D eigenvalue weighted by Gasteiger charge is -2.31. The van der Waals surface area contributed by atoms with Crippen LogP contribution in [0.5, 0.6) is 0 Å². The summed E-state index contributed by atoms with van der Waals surface area (Å²) in [5.74, 6) is 0. The van der Waals surface area contributed by atoms with Gasteiger partial charge in [0.1, 0.15) is 51.3 Å². The molecule has 0 aromatic heterocycles. The summed E-state index contributed by atoms with van der Waals surface area (Å²) in [7, 11) is 11.5. The van der Waals surface area contributed by atoms with Gasteiger partial charge in [0.15, 0.2) is 6.54 Å². The van der Waals surface area contributed by atoms with Crippen LogP contribution in [0.3, 0.4) is 0 Å². The molecule has 12 nitrogen and oxygen atoms in total. The smallest absolute Gasteiger partial charge is 0.381 e. The van der Waals surface area contributed by atoms with Gasteiger partial charge in [-0.3, -0.25) is 9.05 Å². The summed E-state index contributed by atoms with van der Waals surface area (Å²) in [6, 6.07) is -1.26. The van der Waals surface area contributed by atoms with E-state index in [9.17, 15) is 14.4 Å². The van der Waals surface area contributed by atoms with Crippen molar-refractivity contribution in [3.8, 4) is 0 Å². The summed E-state index contributed by atoms with van der Waals surface area (Å²) in [5, 5.41) is 0. The van der Waals surface area contributed by atoms with E-state index in [-0.39, 0.29) is 26.7 Å². The van der Waals surface area contributed by atoms with Crippen molar-refractivity contribution in [3.05, 3.63) is 0 Å². The zero-order valence-corrected chi connectivity index (χ0v) is 22.0. The Balaban J connectivity index is 0.000000240. The third kappa shape index (κ3) is 6.59. The molecule has 4 rings (SSSR count). The first-order valence-electron chi connectivity index (χ1n) is 10.2. The van der Waals surface area contributed by atoms with E-state index < -0.39 is 55.9 Å². The normalized spacial score (nSPS) is 42.6. The molecule has 2 N–H and O–H groups in total. The minimum atomic E-state index is -4.12. The van der Waals surface area contributed by atoms with Crippen molar-refractivity contribution >= 4 is 47.7 Å². The summed E-state index contributed by atoms with van der Waals surface area (Å²) >= 11 is 1.20. The Kier molecular flexibility index (Phi) is 11.1. The van der Waals surface area contributed by atoms with Gasteiger partial charge in [-0.1, -0.05) is 18.8 Å². The zero-order chi connectivity index (χ0) is 25.4. The van der Waals surface area contributed by atoms with Crippen LogP contribution in [0.4, 0.5) is 0 Å². The molecule has 4 heterocycles. The molecule has 6 unspecified atom stereocenters. The maximum atomic E-state index is 11.4. The first kappa shape index (κ1) is 31.8. The van der Waals surface area contributed by atoms with Crippen LogP contribution in [0.2, 0.25) is 0 Å². The predicted octanol–water partition coefficient (Wildman–Crippen LogP) is 0.294. The fraction of sp³-hybridized carbons (Fsp3) is 0.944. The molecule has 200 valence electrons. The summed E-state index contributed by atoms with van der Waals surface area (Å²) in [6.45, 7) is -1.67. The van der Waals surface area contributed by atoms with Gasteiger partial charge >= 0.3 is 7.82 Å². The highest BCUT2D eigenvalue weighted by Crippen LogP contribution is 2.58. The number of fused-ring (bicyclic) bond motifs is 4. The number of ether oxygens (including phenoxy) is 6. The monoisotopic (exact) mass is 558 g/mol. The van der Waals surface area contributed by atoms with Crippen molar-refractivity contribution in [2.45, 2.75) is 55.1 Å². The van der Waals surface area contributed by atoms with E-state index in [1.165, 1.54) is 18.5 Å². The van der Waals surface area contributed by atoms with Crippen LogP contribution < -0.4 is 0 Å². The zero-order valence-electron chi connectivity index (χ0n) is 19.4. The van der Waals surface area contributed by atoms with Gasteiger partial charge in [-0.2, -0.15) is 0 Å². The van der Waals surface area contributed by atoms with Crippen molar-refractivity contribution in [2.75, 3.05) is 54.0 Å². The van der Waals surface area contributed by atoms with Crippen LogP contribution in [0, 0.1) is 0 Å². The van der Waals surface area contributed by atoms with Crippen LogP contribution in [0.25, 0.3) is 0 Å². The molecule has 4 radical (unpaired) electrons. The Hall–Kier alpha value is 0.570. The van der Waals surface area contributed by atoms with E-state index in [0.717, 1.165) is 7.11 Å². The van der Waals surface area contributed by atoms with Crippen molar-refractivity contribution in [1.29, 1.82) is 0 Å². The Morgan fingerprint density at radius 2 is 1.40 bits per heavy atom. The average Bonchev–Trinajstić information content (AvgIpc) is 3.42. The van der Waals surface area contributed by atoms with Crippen molar-refractivity contribution in [2.24, 2.45) is 0 Å². The van der Waals surface area contributed by atoms with Gasteiger partial charge in [0.05, 0.1) is 26.4 Å². The third-order valence-electron chi connectivity index (χ3n) is 5.88. The van der Waals surface area contributed by atoms with E-state index in [0.29, 0.717) is 13.2 Å². The Morgan fingerprint density at radius 3 is 1.74 bits per heavy atom. The first-order chi connectivity index (χ1) is 15.9. The molecule has 0 aromatic carbocycles. The molecule has 35 heavy (non-hydrogen) atoms. The minimum Gasteiger partial charge on any atom is -0.381 e. The molecule has 0 saturated carbocycles. The van der Waals surface area contributed by atoms with Gasteiger partial charge in [0.2, 0.25) is 0 Å². The largest absolute Gasteiger partial charge is 0.472 e. The van der Waals surface area contributed by atoms with Crippen LogP contribution in [-0.4, -0.2) is 133 Å². The van der Waals surface area contributed by atoms with Crippen molar-refractivity contribution < 1.29 is 56.3 Å². The summed E-state index contributed by atoms with van der Waals surface area (Å²) in [5.41, 5.74) is -1.67. The average molecular weight is 558 g/mol. The number of phosphoric acid groups is 1. The topological polar surface area (TPSA) is 141 Å². The Morgan fingerprint density at radius 1 is 0.971 bits per heavy atom. The molecule has 0 aliphatic carbocycles. The highest BCUT2D eigenvalue weighted by Gasteiger charge is 2.63. The van der Waals surface area contributed by atoms with E-state index in [2.05, 4.69) is 10.8 Å². The maximum absolute atomic E-state index is 11.4. The number of phosphoric ester groups is 1. The molecular formula is C18H34B2O12P2S. The Labute approximate surface area is 213 Å². The van der Waals surface area contributed by atoms with E-state index >= 15 is 0 Å². The number of hydrogen-bond acceptors (Lipinski definition) is 12. The molecule has 0 spiro atoms. The van der Waals surface area contributed by atoms with Crippen molar-refractivity contribution in [3.63, 3.8) is 0 Å². The molecule has 4 fully saturated rings. The molecule has 0 amide bonds. The molecule has 17 heteroatoms. The first-order valence-corrected chi connectivity index (χ1v) is 15.4. The second-order valence-corrected chi connectivity index (χ2v) is 14.4. The Bertz CT molecular complexity index is 749. The van der Waals surface area contributed by atoms with Gasteiger partial charge < -0.3 is 42.7 Å². The fourth-order valence-electron chi connectivity index (χ4n) is 4.35. The number of rotatable bonds is 10. The number of hydrogen-bond donors (Lipinski definition) is 2. The van der Waals surface area contributed by atoms with Crippen molar-refractivity contribution in [1.82, 2.24) is 0 Å². The summed E-state index contributed by atoms with van der Waals surface area (Å²) < 4.78 is 58.8. The van der Waals surface area contributed by atoms with Gasteiger partial charge in [0.25, 0.3) is 0 Å². The maximum Gasteiger partial charge on any atom is 0.472 e. The second kappa shape index (κ2) is 12.2. The molecule has 4 aliphatic rings. The SMILES string of the molecule is C.[B][C@@H]1O[C@@]2(COC)COC1C2OP(=C)(O)SC.[B][C@@H]1O[C@@]2(COC)COC1C2OP(=O)(O)OC. The van der Waals surface area contributed by atoms with Gasteiger partial charge in [-0.05, 0) is 12.6 Å². The lowest BCUT2D eigenvalue weighted by Crippen LogP contribution is -2.45. The number of methoxy groups -OCH3 is 2. The third-order valence-corrected chi connectivity index (χ3v) is 9.93. The van der Waals surface area contributed by atoms with Crippen LogP contribution in [-0.2, 0) is 46.6 Å². The molecule has 10 atom stereocenters. The highest BCUT2D eigenvalue weighted by molar-refractivity contribution is 8.57. The second-order valence-electron chi connectivity index (χ2n) is 8.23. The summed E-state index contributed by atoms with van der Waals surface area (Å²) in [6.07, 6.45) is 3.25. The highest BCUT2D eigenvalue weighted by atomic mass is 32.7. The quantitative estimate of drug-likeness (QED) is 0.281. The fourth-order valence-corrected chi connectivity index (χ4v) is 6.32. The summed E-state index contributed by atoms with van der Waals surface area (Å²) in [4.78, 5) is 19.3. The van der Waals surface area contributed by atoms with Gasteiger partial charge in [0, 0.05) is 33.3 Å². The molecule has 4 bridgehead atoms. The molecule has 4 saturated heterocycles. The van der Waals surface area contributed by atoms with E-state index in [1.807, 2.05) is 0 Å². The van der Waals surface area contributed by atoms with Crippen LogP contribution in [0.15, 0.2) is 0 Å². The lowest BCUT2D eigenvalue weighted by molar-refractivity contribution is -0.141. The minimum absolute atomic E-state index is 0. The van der Waals surface area contributed by atoms with Crippen LogP contribution >= 0.6 is 25.7 Å².